The van der Waals surface area contributed by atoms with Gasteiger partial charge in [0, 0.05) is 0 Å². The number of hydrogen-bond acceptors (Lipinski definition) is 2. The van der Waals surface area contributed by atoms with Gasteiger partial charge in [0.2, 0.25) is 0 Å². The Morgan fingerprint density at radius 1 is 1.27 bits per heavy atom. The van der Waals surface area contributed by atoms with Gasteiger partial charge in [-0.2, -0.15) is 5.26 Å². The molecule has 2 heteroatoms. The highest BCUT2D eigenvalue weighted by Gasteiger charge is 2.14. The Morgan fingerprint density at radius 2 is 1.80 bits per heavy atom. The second kappa shape index (κ2) is 4.27. The van der Waals surface area contributed by atoms with Crippen LogP contribution in [0.15, 0.2) is 24.3 Å². The van der Waals surface area contributed by atoms with E-state index in [4.69, 9.17) is 5.26 Å². The minimum Gasteiger partial charge on any atom is -0.302 e. The molecule has 1 aromatic rings. The Labute approximate surface area is 90.5 Å². The molecule has 0 saturated heterocycles. The van der Waals surface area contributed by atoms with E-state index in [1.165, 1.54) is 5.56 Å². The van der Waals surface area contributed by atoms with Crippen LogP contribution in [0.2, 0.25) is 0 Å². The molecule has 1 atom stereocenters. The fourth-order valence-corrected chi connectivity index (χ4v) is 1.37. The molecule has 0 aliphatic rings. The van der Waals surface area contributed by atoms with Crippen LogP contribution >= 0.6 is 0 Å². The van der Waals surface area contributed by atoms with Gasteiger partial charge in [-0.05, 0) is 16.5 Å². The molecule has 0 aromatic heterocycles. The number of aldehydes is 1. The Kier molecular flexibility index (Phi) is 3.26. The third kappa shape index (κ3) is 2.66. The number of carbonyl (C=O) groups is 1. The van der Waals surface area contributed by atoms with E-state index in [2.05, 4.69) is 20.8 Å². The predicted molar refractivity (Wildman–Crippen MR) is 59.6 cm³/mol. The zero-order valence-electron chi connectivity index (χ0n) is 9.32. The molecular formula is C13H15NO. The van der Waals surface area contributed by atoms with Crippen LogP contribution in [0.3, 0.4) is 0 Å². The molecular weight excluding hydrogens is 186 g/mol. The Bertz CT molecular complexity index is 378. The first-order valence-corrected chi connectivity index (χ1v) is 4.94. The normalized spacial score (nSPS) is 12.9. The highest BCUT2D eigenvalue weighted by atomic mass is 16.1. The van der Waals surface area contributed by atoms with E-state index < -0.39 is 5.92 Å². The first-order valence-electron chi connectivity index (χ1n) is 4.94. The van der Waals surface area contributed by atoms with Gasteiger partial charge in [-0.15, -0.1) is 0 Å². The summed E-state index contributed by atoms with van der Waals surface area (Å²) in [4.78, 5) is 10.6. The minimum absolute atomic E-state index is 0.0991. The summed E-state index contributed by atoms with van der Waals surface area (Å²) in [5, 5.41) is 8.73. The number of rotatable bonds is 2. The Balaban J connectivity index is 3.01. The van der Waals surface area contributed by atoms with Crippen LogP contribution in [-0.2, 0) is 10.2 Å². The predicted octanol–water partition coefficient (Wildman–Crippen LogP) is 2.79. The van der Waals surface area contributed by atoms with Gasteiger partial charge in [0.15, 0.2) is 0 Å². The molecule has 0 aliphatic heterocycles. The van der Waals surface area contributed by atoms with Gasteiger partial charge in [0.05, 0.1) is 6.07 Å². The highest BCUT2D eigenvalue weighted by Crippen LogP contribution is 2.23. The molecule has 0 N–H and O–H groups in total. The Hall–Kier alpha value is -1.62. The van der Waals surface area contributed by atoms with Crippen LogP contribution in [-0.4, -0.2) is 6.29 Å². The quantitative estimate of drug-likeness (QED) is 0.690. The fraction of sp³-hybridized carbons (Fsp3) is 0.385. The summed E-state index contributed by atoms with van der Waals surface area (Å²) in [5.41, 5.74) is 2.07. The van der Waals surface area contributed by atoms with Crippen LogP contribution in [0.4, 0.5) is 0 Å². The summed E-state index contributed by atoms with van der Waals surface area (Å²) < 4.78 is 0. The van der Waals surface area contributed by atoms with Crippen molar-refractivity contribution >= 4 is 6.29 Å². The van der Waals surface area contributed by atoms with Gasteiger partial charge in [0.25, 0.3) is 0 Å². The average Bonchev–Trinajstić information content (AvgIpc) is 2.19. The smallest absolute Gasteiger partial charge is 0.141 e. The van der Waals surface area contributed by atoms with Gasteiger partial charge < -0.3 is 4.79 Å². The number of nitrogens with zero attached hydrogens (tertiary/aromatic N) is 1. The third-order valence-electron chi connectivity index (χ3n) is 2.41. The molecule has 1 aromatic carbocycles. The van der Waals surface area contributed by atoms with Gasteiger partial charge in [0.1, 0.15) is 12.2 Å². The van der Waals surface area contributed by atoms with Crippen molar-refractivity contribution in [3.05, 3.63) is 35.4 Å². The molecule has 1 rings (SSSR count). The number of hydrogen-bond donors (Lipinski definition) is 0. The standard InChI is InChI=1S/C13H15NO/c1-13(2,3)12-6-4-10(5-7-12)11(8-14)9-15/h4-7,9,11H,1-3H3. The van der Waals surface area contributed by atoms with Crippen LogP contribution in [0, 0.1) is 11.3 Å². The summed E-state index contributed by atoms with van der Waals surface area (Å²) in [6, 6.07) is 9.61. The third-order valence-corrected chi connectivity index (χ3v) is 2.41. The molecule has 0 heterocycles. The fourth-order valence-electron chi connectivity index (χ4n) is 1.37. The van der Waals surface area contributed by atoms with Crippen molar-refractivity contribution in [1.29, 1.82) is 5.26 Å². The molecule has 0 bridgehead atoms. The maximum absolute atomic E-state index is 10.6. The van der Waals surface area contributed by atoms with Gasteiger partial charge in [-0.25, -0.2) is 0 Å². The topological polar surface area (TPSA) is 40.9 Å². The van der Waals surface area contributed by atoms with Crippen molar-refractivity contribution in [1.82, 2.24) is 0 Å². The lowest BCUT2D eigenvalue weighted by Gasteiger charge is -2.19. The van der Waals surface area contributed by atoms with E-state index in [0.29, 0.717) is 6.29 Å². The second-order valence-electron chi connectivity index (χ2n) is 4.61. The van der Waals surface area contributed by atoms with Crippen molar-refractivity contribution in [2.24, 2.45) is 0 Å². The van der Waals surface area contributed by atoms with E-state index in [9.17, 15) is 4.79 Å². The molecule has 2 nitrogen and oxygen atoms in total. The zero-order chi connectivity index (χ0) is 11.5. The van der Waals surface area contributed by atoms with Gasteiger partial charge in [-0.1, -0.05) is 45.0 Å². The summed E-state index contributed by atoms with van der Waals surface area (Å²) in [6.45, 7) is 6.39. The number of nitriles is 1. The van der Waals surface area contributed by atoms with E-state index in [0.717, 1.165) is 5.56 Å². The lowest BCUT2D eigenvalue weighted by atomic mass is 9.86. The van der Waals surface area contributed by atoms with Crippen molar-refractivity contribution in [3.63, 3.8) is 0 Å². The average molecular weight is 201 g/mol. The molecule has 78 valence electrons. The van der Waals surface area contributed by atoms with Gasteiger partial charge in [-0.3, -0.25) is 0 Å². The molecule has 15 heavy (non-hydrogen) atoms. The molecule has 0 amide bonds. The van der Waals surface area contributed by atoms with Crippen molar-refractivity contribution in [3.8, 4) is 6.07 Å². The monoisotopic (exact) mass is 201 g/mol. The SMILES string of the molecule is CC(C)(C)c1ccc(C(C#N)C=O)cc1. The molecule has 0 spiro atoms. The highest BCUT2D eigenvalue weighted by molar-refractivity contribution is 5.66. The maximum atomic E-state index is 10.6. The lowest BCUT2D eigenvalue weighted by molar-refractivity contribution is -0.108. The van der Waals surface area contributed by atoms with E-state index in [1.54, 1.807) is 0 Å². The summed E-state index contributed by atoms with van der Waals surface area (Å²) in [6.07, 6.45) is 0.673. The first-order chi connectivity index (χ1) is 6.99. The van der Waals surface area contributed by atoms with E-state index >= 15 is 0 Å². The van der Waals surface area contributed by atoms with Crippen molar-refractivity contribution in [2.75, 3.05) is 0 Å². The molecule has 0 saturated carbocycles. The van der Waals surface area contributed by atoms with Crippen molar-refractivity contribution < 1.29 is 4.79 Å². The summed E-state index contributed by atoms with van der Waals surface area (Å²) in [5.74, 6) is -0.640. The van der Waals surface area contributed by atoms with E-state index in [-0.39, 0.29) is 5.41 Å². The molecule has 0 fully saturated rings. The largest absolute Gasteiger partial charge is 0.302 e. The molecule has 1 unspecified atom stereocenters. The lowest BCUT2D eigenvalue weighted by Crippen LogP contribution is -2.11. The summed E-state index contributed by atoms with van der Waals surface area (Å²) in [7, 11) is 0. The number of benzene rings is 1. The first kappa shape index (κ1) is 11.5. The molecule has 0 radical (unpaired) electrons. The number of carbonyl (C=O) groups excluding carboxylic acids is 1. The van der Waals surface area contributed by atoms with Gasteiger partial charge >= 0.3 is 0 Å². The molecule has 0 aliphatic carbocycles. The van der Waals surface area contributed by atoms with Crippen LogP contribution in [0.5, 0.6) is 0 Å². The van der Waals surface area contributed by atoms with Crippen LogP contribution < -0.4 is 0 Å². The maximum Gasteiger partial charge on any atom is 0.141 e. The van der Waals surface area contributed by atoms with Crippen LogP contribution in [0.25, 0.3) is 0 Å². The Morgan fingerprint density at radius 3 is 2.13 bits per heavy atom. The second-order valence-corrected chi connectivity index (χ2v) is 4.61. The zero-order valence-corrected chi connectivity index (χ0v) is 9.32. The van der Waals surface area contributed by atoms with E-state index in [1.807, 2.05) is 30.3 Å². The van der Waals surface area contributed by atoms with Crippen LogP contribution in [0.1, 0.15) is 37.8 Å². The van der Waals surface area contributed by atoms with Crippen molar-refractivity contribution in [2.45, 2.75) is 32.1 Å². The minimum atomic E-state index is -0.640. The summed E-state index contributed by atoms with van der Waals surface area (Å²) >= 11 is 0.